The lowest BCUT2D eigenvalue weighted by Gasteiger charge is -2.32. The van der Waals surface area contributed by atoms with Gasteiger partial charge in [-0.3, -0.25) is 9.48 Å². The number of carbonyl (C=O) groups excluding carboxylic acids is 1. The monoisotopic (exact) mass is 316 g/mol. The second kappa shape index (κ2) is 5.39. The molecule has 23 heavy (non-hydrogen) atoms. The standard InChI is InChI=1S/C18H28N4O/c1-6-22-9-7-8-18(12-22)11-15(18)19-16(23)13-10-14(17(2,3)4)20-21(13)5/h6,10,15H,1,7-9,11-12H2,2-5H3,(H,19,23). The van der Waals surface area contributed by atoms with Gasteiger partial charge in [0, 0.05) is 37.0 Å². The van der Waals surface area contributed by atoms with Crippen molar-refractivity contribution in [2.24, 2.45) is 12.5 Å². The van der Waals surface area contributed by atoms with Gasteiger partial charge in [-0.2, -0.15) is 5.10 Å². The molecule has 126 valence electrons. The van der Waals surface area contributed by atoms with E-state index in [0.717, 1.165) is 25.2 Å². The first kappa shape index (κ1) is 16.1. The summed E-state index contributed by atoms with van der Waals surface area (Å²) in [7, 11) is 1.84. The van der Waals surface area contributed by atoms with Gasteiger partial charge in [0.25, 0.3) is 5.91 Å². The third-order valence-electron chi connectivity index (χ3n) is 5.27. The van der Waals surface area contributed by atoms with Crippen molar-refractivity contribution in [2.75, 3.05) is 13.1 Å². The van der Waals surface area contributed by atoms with E-state index in [9.17, 15) is 4.79 Å². The largest absolute Gasteiger partial charge is 0.377 e. The number of amides is 1. The number of hydrogen-bond donors (Lipinski definition) is 1. The van der Waals surface area contributed by atoms with Crippen molar-refractivity contribution in [1.82, 2.24) is 20.0 Å². The fraction of sp³-hybridized carbons (Fsp3) is 0.667. The Hall–Kier alpha value is -1.78. The van der Waals surface area contributed by atoms with Crippen molar-refractivity contribution in [1.29, 1.82) is 0 Å². The van der Waals surface area contributed by atoms with Crippen molar-refractivity contribution < 1.29 is 4.79 Å². The Morgan fingerprint density at radius 2 is 2.26 bits per heavy atom. The third-order valence-corrected chi connectivity index (χ3v) is 5.27. The topological polar surface area (TPSA) is 50.2 Å². The van der Waals surface area contributed by atoms with Gasteiger partial charge in [-0.25, -0.2) is 0 Å². The first-order chi connectivity index (χ1) is 10.7. The molecule has 5 heteroatoms. The van der Waals surface area contributed by atoms with Gasteiger partial charge in [0.05, 0.1) is 5.69 Å². The molecule has 0 bridgehead atoms. The minimum Gasteiger partial charge on any atom is -0.377 e. The zero-order valence-corrected chi connectivity index (χ0v) is 14.7. The van der Waals surface area contributed by atoms with Crippen LogP contribution >= 0.6 is 0 Å². The molecular weight excluding hydrogens is 288 g/mol. The highest BCUT2D eigenvalue weighted by molar-refractivity contribution is 5.93. The molecule has 1 aliphatic carbocycles. The Morgan fingerprint density at radius 1 is 1.52 bits per heavy atom. The van der Waals surface area contributed by atoms with Crippen LogP contribution in [0.5, 0.6) is 0 Å². The molecular formula is C18H28N4O. The Kier molecular flexibility index (Phi) is 3.77. The molecule has 2 atom stereocenters. The second-order valence-electron chi connectivity index (χ2n) is 8.14. The highest BCUT2D eigenvalue weighted by atomic mass is 16.2. The molecule has 2 aliphatic rings. The molecule has 3 rings (SSSR count). The first-order valence-electron chi connectivity index (χ1n) is 8.47. The van der Waals surface area contributed by atoms with E-state index in [1.807, 2.05) is 19.3 Å². The lowest BCUT2D eigenvalue weighted by atomic mass is 9.92. The molecule has 1 N–H and O–H groups in total. The molecule has 1 spiro atoms. The molecule has 1 saturated heterocycles. The molecule has 5 nitrogen and oxygen atoms in total. The van der Waals surface area contributed by atoms with Gasteiger partial charge in [-0.05, 0) is 31.5 Å². The molecule has 1 amide bonds. The van der Waals surface area contributed by atoms with Gasteiger partial charge in [-0.15, -0.1) is 0 Å². The normalized spacial score (nSPS) is 27.1. The van der Waals surface area contributed by atoms with E-state index in [1.54, 1.807) is 4.68 Å². The van der Waals surface area contributed by atoms with Gasteiger partial charge < -0.3 is 10.2 Å². The fourth-order valence-electron chi connectivity index (χ4n) is 3.63. The van der Waals surface area contributed by atoms with E-state index in [2.05, 4.69) is 42.7 Å². The summed E-state index contributed by atoms with van der Waals surface area (Å²) in [6.45, 7) is 12.3. The Bertz CT molecular complexity index is 627. The number of rotatable bonds is 3. The third kappa shape index (κ3) is 3.01. The molecule has 0 radical (unpaired) electrons. The summed E-state index contributed by atoms with van der Waals surface area (Å²) in [6, 6.07) is 2.20. The Balaban J connectivity index is 1.67. The van der Waals surface area contributed by atoms with Crippen LogP contribution in [0.2, 0.25) is 0 Å². The smallest absolute Gasteiger partial charge is 0.269 e. The first-order valence-corrected chi connectivity index (χ1v) is 8.47. The van der Waals surface area contributed by atoms with Gasteiger partial charge in [-0.1, -0.05) is 27.4 Å². The number of aromatic nitrogens is 2. The maximum atomic E-state index is 12.6. The molecule has 1 aliphatic heterocycles. The van der Waals surface area contributed by atoms with Crippen molar-refractivity contribution in [2.45, 2.75) is 51.5 Å². The van der Waals surface area contributed by atoms with E-state index in [1.165, 1.54) is 12.8 Å². The number of hydrogen-bond acceptors (Lipinski definition) is 3. The minimum atomic E-state index is -0.0507. The average molecular weight is 316 g/mol. The Labute approximate surface area is 138 Å². The highest BCUT2D eigenvalue weighted by Crippen LogP contribution is 2.52. The maximum Gasteiger partial charge on any atom is 0.269 e. The molecule has 1 saturated carbocycles. The predicted octanol–water partition coefficient (Wildman–Crippen LogP) is 2.45. The zero-order chi connectivity index (χ0) is 16.8. The van der Waals surface area contributed by atoms with Gasteiger partial charge in [0.2, 0.25) is 0 Å². The molecule has 2 fully saturated rings. The summed E-state index contributed by atoms with van der Waals surface area (Å²) in [6.07, 6.45) is 5.38. The zero-order valence-electron chi connectivity index (χ0n) is 14.7. The van der Waals surface area contributed by atoms with Crippen LogP contribution in [-0.4, -0.2) is 39.7 Å². The van der Waals surface area contributed by atoms with Crippen LogP contribution in [0, 0.1) is 5.41 Å². The van der Waals surface area contributed by atoms with Gasteiger partial charge in [0.1, 0.15) is 5.69 Å². The van der Waals surface area contributed by atoms with E-state index >= 15 is 0 Å². The van der Waals surface area contributed by atoms with Crippen LogP contribution in [0.25, 0.3) is 0 Å². The average Bonchev–Trinajstić information content (AvgIpc) is 2.94. The molecule has 1 aromatic heterocycles. The van der Waals surface area contributed by atoms with Crippen molar-refractivity contribution in [3.63, 3.8) is 0 Å². The summed E-state index contributed by atoms with van der Waals surface area (Å²) < 4.78 is 1.70. The predicted molar refractivity (Wildman–Crippen MR) is 91.2 cm³/mol. The summed E-state index contributed by atoms with van der Waals surface area (Å²) in [5.74, 6) is -0.00639. The quantitative estimate of drug-likeness (QED) is 0.932. The number of nitrogens with zero attached hydrogens (tertiary/aromatic N) is 3. The van der Waals surface area contributed by atoms with Crippen LogP contribution in [0.3, 0.4) is 0 Å². The summed E-state index contributed by atoms with van der Waals surface area (Å²) in [4.78, 5) is 14.9. The number of aryl methyl sites for hydroxylation is 1. The lowest BCUT2D eigenvalue weighted by molar-refractivity contribution is 0.0928. The maximum absolute atomic E-state index is 12.6. The summed E-state index contributed by atoms with van der Waals surface area (Å²) in [5, 5.41) is 7.71. The van der Waals surface area contributed by atoms with Crippen LogP contribution in [0.15, 0.2) is 18.8 Å². The van der Waals surface area contributed by atoms with Crippen LogP contribution in [-0.2, 0) is 12.5 Å². The summed E-state index contributed by atoms with van der Waals surface area (Å²) in [5.41, 5.74) is 1.80. The molecule has 2 heterocycles. The van der Waals surface area contributed by atoms with Crippen LogP contribution in [0.1, 0.15) is 56.2 Å². The minimum absolute atomic E-state index is 0.00639. The van der Waals surface area contributed by atoms with Crippen LogP contribution < -0.4 is 5.32 Å². The van der Waals surface area contributed by atoms with E-state index in [4.69, 9.17) is 0 Å². The molecule has 0 aromatic carbocycles. The van der Waals surface area contributed by atoms with E-state index in [-0.39, 0.29) is 22.8 Å². The van der Waals surface area contributed by atoms with Crippen LogP contribution in [0.4, 0.5) is 0 Å². The fourth-order valence-corrected chi connectivity index (χ4v) is 3.63. The summed E-state index contributed by atoms with van der Waals surface area (Å²) >= 11 is 0. The molecule has 1 aromatic rings. The van der Waals surface area contributed by atoms with Crippen molar-refractivity contribution in [3.05, 3.63) is 30.2 Å². The second-order valence-corrected chi connectivity index (χ2v) is 8.14. The number of piperidine rings is 1. The number of likely N-dealkylation sites (tertiary alicyclic amines) is 1. The van der Waals surface area contributed by atoms with E-state index in [0.29, 0.717) is 5.69 Å². The van der Waals surface area contributed by atoms with Crippen molar-refractivity contribution in [3.8, 4) is 0 Å². The van der Waals surface area contributed by atoms with Crippen molar-refractivity contribution >= 4 is 5.91 Å². The molecule has 2 unspecified atom stereocenters. The van der Waals surface area contributed by atoms with Gasteiger partial charge in [0.15, 0.2) is 0 Å². The van der Waals surface area contributed by atoms with Gasteiger partial charge >= 0.3 is 0 Å². The highest BCUT2D eigenvalue weighted by Gasteiger charge is 2.56. The SMILES string of the molecule is C=CN1CCCC2(CC2NC(=O)c2cc(C(C)(C)C)nn2C)C1. The number of nitrogens with one attached hydrogen (secondary N) is 1. The lowest BCUT2D eigenvalue weighted by Crippen LogP contribution is -2.39. The van der Waals surface area contributed by atoms with E-state index < -0.39 is 0 Å². The number of carbonyl (C=O) groups is 1. The Morgan fingerprint density at radius 3 is 2.87 bits per heavy atom.